The number of carbonyl (C=O) groups is 2. The van der Waals surface area contributed by atoms with Crippen molar-refractivity contribution in [1.82, 2.24) is 5.32 Å². The molecule has 1 aromatic carbocycles. The van der Waals surface area contributed by atoms with Crippen LogP contribution in [0, 0.1) is 0 Å². The van der Waals surface area contributed by atoms with Gasteiger partial charge in [0.2, 0.25) is 11.8 Å². The molecule has 0 radical (unpaired) electrons. The molecule has 0 fully saturated rings. The van der Waals surface area contributed by atoms with E-state index in [-0.39, 0.29) is 11.8 Å². The summed E-state index contributed by atoms with van der Waals surface area (Å²) in [4.78, 5) is 22.9. The largest absolute Gasteiger partial charge is 0.326 e. The van der Waals surface area contributed by atoms with E-state index in [9.17, 15) is 9.59 Å². The van der Waals surface area contributed by atoms with Crippen molar-refractivity contribution < 1.29 is 9.59 Å². The summed E-state index contributed by atoms with van der Waals surface area (Å²) in [6, 6.07) is 5.57. The molecule has 102 valence electrons. The molecule has 2 rings (SSSR count). The Balaban J connectivity index is 1.95. The number of benzene rings is 1. The van der Waals surface area contributed by atoms with Crippen molar-refractivity contribution in [2.24, 2.45) is 0 Å². The molecular weight excluding hydrogens is 242 g/mol. The zero-order chi connectivity index (χ0) is 13.7. The van der Waals surface area contributed by atoms with Crippen LogP contribution < -0.4 is 16.0 Å². The summed E-state index contributed by atoms with van der Waals surface area (Å²) >= 11 is 0. The van der Waals surface area contributed by atoms with E-state index in [0.717, 1.165) is 36.3 Å². The van der Waals surface area contributed by atoms with E-state index in [4.69, 9.17) is 0 Å². The van der Waals surface area contributed by atoms with Crippen molar-refractivity contribution in [2.45, 2.75) is 26.2 Å². The average molecular weight is 261 g/mol. The van der Waals surface area contributed by atoms with Gasteiger partial charge in [0.1, 0.15) is 0 Å². The molecule has 0 saturated carbocycles. The number of carbonyl (C=O) groups excluding carboxylic acids is 2. The van der Waals surface area contributed by atoms with Gasteiger partial charge in [-0.2, -0.15) is 0 Å². The Morgan fingerprint density at radius 3 is 3.00 bits per heavy atom. The quantitative estimate of drug-likeness (QED) is 0.704. The lowest BCUT2D eigenvalue weighted by atomic mass is 10.0. The van der Waals surface area contributed by atoms with Crippen LogP contribution in [0.4, 0.5) is 11.4 Å². The van der Waals surface area contributed by atoms with Crippen molar-refractivity contribution in [3.05, 3.63) is 23.8 Å². The number of aryl methyl sites for hydroxylation is 1. The van der Waals surface area contributed by atoms with Crippen LogP contribution in [-0.2, 0) is 16.0 Å². The third-order valence-electron chi connectivity index (χ3n) is 3.00. The Labute approximate surface area is 112 Å². The van der Waals surface area contributed by atoms with Crippen LogP contribution in [-0.4, -0.2) is 24.9 Å². The zero-order valence-electron chi connectivity index (χ0n) is 11.1. The predicted molar refractivity (Wildman–Crippen MR) is 75.2 cm³/mol. The Hall–Kier alpha value is -1.88. The molecule has 0 saturated heterocycles. The topological polar surface area (TPSA) is 70.2 Å². The molecule has 0 aliphatic carbocycles. The Kier molecular flexibility index (Phi) is 4.52. The Morgan fingerprint density at radius 2 is 2.21 bits per heavy atom. The van der Waals surface area contributed by atoms with E-state index in [0.29, 0.717) is 13.0 Å². The molecule has 0 unspecified atom stereocenters. The lowest BCUT2D eigenvalue weighted by molar-refractivity contribution is -0.116. The number of hydrogen-bond acceptors (Lipinski definition) is 3. The zero-order valence-corrected chi connectivity index (χ0v) is 11.1. The van der Waals surface area contributed by atoms with Gasteiger partial charge in [0, 0.05) is 17.8 Å². The van der Waals surface area contributed by atoms with Gasteiger partial charge in [-0.25, -0.2) is 0 Å². The molecule has 1 aliphatic rings. The molecule has 2 amide bonds. The molecule has 1 aromatic rings. The summed E-state index contributed by atoms with van der Waals surface area (Å²) < 4.78 is 0. The molecule has 19 heavy (non-hydrogen) atoms. The second-order valence-corrected chi connectivity index (χ2v) is 4.65. The maximum absolute atomic E-state index is 11.7. The Bertz CT molecular complexity index is 486. The number of fused-ring (bicyclic) bond motifs is 1. The standard InChI is InChI=1S/C14H19N3O2/c1-2-7-15-9-14(19)16-11-4-5-12-10(8-11)3-6-13(18)17-12/h4-5,8,15H,2-3,6-7,9H2,1H3,(H,16,19)(H,17,18). The van der Waals surface area contributed by atoms with Gasteiger partial charge in [0.15, 0.2) is 0 Å². The number of anilines is 2. The summed E-state index contributed by atoms with van der Waals surface area (Å²) in [6.45, 7) is 3.22. The molecule has 1 heterocycles. The first-order valence-corrected chi connectivity index (χ1v) is 6.62. The van der Waals surface area contributed by atoms with E-state index >= 15 is 0 Å². The third kappa shape index (κ3) is 3.79. The first-order chi connectivity index (χ1) is 9.19. The van der Waals surface area contributed by atoms with Gasteiger partial charge in [-0.05, 0) is 43.1 Å². The molecule has 5 nitrogen and oxygen atoms in total. The van der Waals surface area contributed by atoms with Crippen LogP contribution in [0.15, 0.2) is 18.2 Å². The second kappa shape index (κ2) is 6.33. The van der Waals surface area contributed by atoms with Crippen LogP contribution in [0.3, 0.4) is 0 Å². The maximum atomic E-state index is 11.7. The number of rotatable bonds is 5. The molecule has 0 spiro atoms. The summed E-state index contributed by atoms with van der Waals surface area (Å²) in [5, 5.41) is 8.72. The van der Waals surface area contributed by atoms with E-state index in [1.165, 1.54) is 0 Å². The average Bonchev–Trinajstić information content (AvgIpc) is 2.39. The van der Waals surface area contributed by atoms with Gasteiger partial charge >= 0.3 is 0 Å². The normalized spacial score (nSPS) is 13.6. The van der Waals surface area contributed by atoms with Crippen molar-refractivity contribution in [3.63, 3.8) is 0 Å². The second-order valence-electron chi connectivity index (χ2n) is 4.65. The predicted octanol–water partition coefficient (Wildman–Crippen LogP) is 1.51. The molecule has 5 heteroatoms. The van der Waals surface area contributed by atoms with Gasteiger partial charge in [0.25, 0.3) is 0 Å². The van der Waals surface area contributed by atoms with Gasteiger partial charge in [-0.15, -0.1) is 0 Å². The van der Waals surface area contributed by atoms with Crippen molar-refractivity contribution in [2.75, 3.05) is 23.7 Å². The number of nitrogens with one attached hydrogen (secondary N) is 3. The van der Waals surface area contributed by atoms with E-state index < -0.39 is 0 Å². The fourth-order valence-corrected chi connectivity index (χ4v) is 2.05. The minimum Gasteiger partial charge on any atom is -0.326 e. The third-order valence-corrected chi connectivity index (χ3v) is 3.00. The molecule has 0 bridgehead atoms. The fourth-order valence-electron chi connectivity index (χ4n) is 2.05. The smallest absolute Gasteiger partial charge is 0.238 e. The summed E-state index contributed by atoms with van der Waals surface area (Å²) in [5.74, 6) is 0.00120. The lowest BCUT2D eigenvalue weighted by Gasteiger charge is -2.17. The summed E-state index contributed by atoms with van der Waals surface area (Å²) in [7, 11) is 0. The highest BCUT2D eigenvalue weighted by Gasteiger charge is 2.15. The number of amides is 2. The molecule has 1 aliphatic heterocycles. The highest BCUT2D eigenvalue weighted by Crippen LogP contribution is 2.25. The van der Waals surface area contributed by atoms with Crippen molar-refractivity contribution >= 4 is 23.2 Å². The monoisotopic (exact) mass is 261 g/mol. The number of hydrogen-bond donors (Lipinski definition) is 3. The molecular formula is C14H19N3O2. The first kappa shape index (κ1) is 13.5. The van der Waals surface area contributed by atoms with E-state index in [2.05, 4.69) is 22.9 Å². The van der Waals surface area contributed by atoms with Gasteiger partial charge in [-0.3, -0.25) is 9.59 Å². The van der Waals surface area contributed by atoms with Gasteiger partial charge < -0.3 is 16.0 Å². The highest BCUT2D eigenvalue weighted by molar-refractivity contribution is 5.96. The van der Waals surface area contributed by atoms with Crippen LogP contribution in [0.5, 0.6) is 0 Å². The highest BCUT2D eigenvalue weighted by atomic mass is 16.2. The van der Waals surface area contributed by atoms with E-state index in [1.54, 1.807) is 0 Å². The van der Waals surface area contributed by atoms with Gasteiger partial charge in [0.05, 0.1) is 6.54 Å². The summed E-state index contributed by atoms with van der Waals surface area (Å²) in [6.07, 6.45) is 2.23. The maximum Gasteiger partial charge on any atom is 0.238 e. The van der Waals surface area contributed by atoms with Crippen molar-refractivity contribution in [3.8, 4) is 0 Å². The summed E-state index contributed by atoms with van der Waals surface area (Å²) in [5.41, 5.74) is 2.69. The molecule has 0 atom stereocenters. The van der Waals surface area contributed by atoms with Crippen LogP contribution >= 0.6 is 0 Å². The minimum atomic E-state index is -0.0479. The fraction of sp³-hybridized carbons (Fsp3) is 0.429. The molecule has 3 N–H and O–H groups in total. The minimum absolute atomic E-state index is 0.0479. The molecule has 0 aromatic heterocycles. The SMILES string of the molecule is CCCNCC(=O)Nc1ccc2c(c1)CCC(=O)N2. The van der Waals surface area contributed by atoms with Crippen molar-refractivity contribution in [1.29, 1.82) is 0 Å². The van der Waals surface area contributed by atoms with Crippen LogP contribution in [0.2, 0.25) is 0 Å². The van der Waals surface area contributed by atoms with Crippen LogP contribution in [0.1, 0.15) is 25.3 Å². The van der Waals surface area contributed by atoms with Gasteiger partial charge in [-0.1, -0.05) is 6.92 Å². The van der Waals surface area contributed by atoms with Crippen LogP contribution in [0.25, 0.3) is 0 Å². The lowest BCUT2D eigenvalue weighted by Crippen LogP contribution is -2.28. The van der Waals surface area contributed by atoms with E-state index in [1.807, 2.05) is 18.2 Å². The Morgan fingerprint density at radius 1 is 1.37 bits per heavy atom. The first-order valence-electron chi connectivity index (χ1n) is 6.62.